The highest BCUT2D eigenvalue weighted by Crippen LogP contribution is 2.01. The molecule has 0 bridgehead atoms. The molecule has 7 heteroatoms. The molecule has 0 aliphatic heterocycles. The summed E-state index contributed by atoms with van der Waals surface area (Å²) in [5.74, 6) is -1.86. The first-order chi connectivity index (χ1) is 10.0. The van der Waals surface area contributed by atoms with Gasteiger partial charge in [0.1, 0.15) is 17.3 Å². The molecule has 0 aliphatic rings. The van der Waals surface area contributed by atoms with Crippen molar-refractivity contribution in [2.24, 2.45) is 0 Å². The lowest BCUT2D eigenvalue weighted by molar-refractivity contribution is -0.139. The Morgan fingerprint density at radius 2 is 2.19 bits per heavy atom. The number of carbonyl (C=O) groups excluding carboxylic acids is 1. The van der Waals surface area contributed by atoms with Crippen LogP contribution in [-0.4, -0.2) is 32.4 Å². The number of fused-ring (bicyclic) bond motifs is 1. The molecule has 0 unspecified atom stereocenters. The van der Waals surface area contributed by atoms with Gasteiger partial charge in [-0.15, -0.1) is 0 Å². The van der Waals surface area contributed by atoms with Crippen molar-refractivity contribution in [3.63, 3.8) is 0 Å². The van der Waals surface area contributed by atoms with Gasteiger partial charge in [0.2, 0.25) is 0 Å². The molecule has 0 fully saturated rings. The van der Waals surface area contributed by atoms with Gasteiger partial charge in [-0.1, -0.05) is 19.4 Å². The van der Waals surface area contributed by atoms with E-state index in [9.17, 15) is 14.4 Å². The van der Waals surface area contributed by atoms with Crippen LogP contribution in [0.2, 0.25) is 0 Å². The lowest BCUT2D eigenvalue weighted by Crippen LogP contribution is -2.42. The lowest BCUT2D eigenvalue weighted by Gasteiger charge is -2.13. The van der Waals surface area contributed by atoms with Crippen LogP contribution in [0.1, 0.15) is 30.1 Å². The van der Waals surface area contributed by atoms with Crippen LogP contribution in [0.3, 0.4) is 0 Å². The van der Waals surface area contributed by atoms with E-state index in [1.807, 2.05) is 6.92 Å². The Morgan fingerprint density at radius 3 is 2.86 bits per heavy atom. The van der Waals surface area contributed by atoms with Gasteiger partial charge < -0.3 is 10.4 Å². The van der Waals surface area contributed by atoms with Crippen LogP contribution in [0, 0.1) is 0 Å². The van der Waals surface area contributed by atoms with Crippen LogP contribution >= 0.6 is 0 Å². The molecule has 7 nitrogen and oxygen atoms in total. The van der Waals surface area contributed by atoms with Crippen molar-refractivity contribution in [3.8, 4) is 0 Å². The minimum absolute atomic E-state index is 0.180. The van der Waals surface area contributed by atoms with Gasteiger partial charge in [0.25, 0.3) is 11.5 Å². The molecule has 1 amide bonds. The fraction of sp³-hybridized carbons (Fsp3) is 0.286. The van der Waals surface area contributed by atoms with Crippen LogP contribution in [0.4, 0.5) is 0 Å². The van der Waals surface area contributed by atoms with Crippen molar-refractivity contribution in [3.05, 3.63) is 46.5 Å². The first-order valence-electron chi connectivity index (χ1n) is 6.54. The second-order valence-corrected chi connectivity index (χ2v) is 4.56. The molecule has 0 spiro atoms. The van der Waals surface area contributed by atoms with E-state index in [-0.39, 0.29) is 5.56 Å². The van der Waals surface area contributed by atoms with Crippen molar-refractivity contribution >= 4 is 17.5 Å². The van der Waals surface area contributed by atoms with Gasteiger partial charge in [0.05, 0.1) is 0 Å². The summed E-state index contributed by atoms with van der Waals surface area (Å²) in [5, 5.41) is 11.4. The summed E-state index contributed by atoms with van der Waals surface area (Å²) in [6, 6.07) is 4.00. The van der Waals surface area contributed by atoms with Gasteiger partial charge >= 0.3 is 5.97 Å². The first kappa shape index (κ1) is 14.7. The van der Waals surface area contributed by atoms with Crippen LogP contribution in [0.5, 0.6) is 0 Å². The number of carboxylic acid groups (broad SMARTS) is 1. The topological polar surface area (TPSA) is 101 Å². The Morgan fingerprint density at radius 1 is 1.43 bits per heavy atom. The summed E-state index contributed by atoms with van der Waals surface area (Å²) < 4.78 is 1.24. The lowest BCUT2D eigenvalue weighted by atomic mass is 10.1. The van der Waals surface area contributed by atoms with Gasteiger partial charge in [0, 0.05) is 12.4 Å². The Kier molecular flexibility index (Phi) is 4.32. The summed E-state index contributed by atoms with van der Waals surface area (Å²) in [6.07, 6.45) is 3.57. The predicted octanol–water partition coefficient (Wildman–Crippen LogP) is 0.678. The molecule has 0 saturated carbocycles. The van der Waals surface area contributed by atoms with Crippen molar-refractivity contribution in [1.82, 2.24) is 14.7 Å². The number of aromatic nitrogens is 2. The Hall–Kier alpha value is -2.70. The zero-order valence-electron chi connectivity index (χ0n) is 11.4. The molecular weight excluding hydrogens is 274 g/mol. The minimum Gasteiger partial charge on any atom is -0.480 e. The third-order valence-electron chi connectivity index (χ3n) is 3.04. The fourth-order valence-corrected chi connectivity index (χ4v) is 1.96. The van der Waals surface area contributed by atoms with Crippen LogP contribution in [0.15, 0.2) is 35.4 Å². The highest BCUT2D eigenvalue weighted by molar-refractivity contribution is 5.96. The van der Waals surface area contributed by atoms with Crippen molar-refractivity contribution in [1.29, 1.82) is 0 Å². The van der Waals surface area contributed by atoms with Gasteiger partial charge in [-0.05, 0) is 18.6 Å². The zero-order chi connectivity index (χ0) is 15.4. The summed E-state index contributed by atoms with van der Waals surface area (Å²) in [7, 11) is 0. The molecule has 21 heavy (non-hydrogen) atoms. The van der Waals surface area contributed by atoms with Gasteiger partial charge in [-0.25, -0.2) is 9.78 Å². The molecule has 1 atom stereocenters. The van der Waals surface area contributed by atoms with Crippen LogP contribution in [0.25, 0.3) is 5.65 Å². The molecule has 0 aliphatic carbocycles. The number of hydrogen-bond acceptors (Lipinski definition) is 4. The second kappa shape index (κ2) is 6.17. The number of hydrogen-bond donors (Lipinski definition) is 2. The fourth-order valence-electron chi connectivity index (χ4n) is 1.96. The number of amides is 1. The average molecular weight is 289 g/mol. The van der Waals surface area contributed by atoms with Crippen molar-refractivity contribution in [2.75, 3.05) is 0 Å². The highest BCUT2D eigenvalue weighted by atomic mass is 16.4. The standard InChI is InChI=1S/C14H15N3O4/c1-2-5-10(14(20)21)16-12(18)9-8-15-11-6-3-4-7-17(11)13(9)19/h3-4,6-8,10H,2,5H2,1H3,(H,16,18)(H,20,21)/t10-/m0/s1. The summed E-state index contributed by atoms with van der Waals surface area (Å²) in [6.45, 7) is 1.81. The number of carboxylic acids is 1. The van der Waals surface area contributed by atoms with Gasteiger partial charge in [-0.3, -0.25) is 14.0 Å². The quantitative estimate of drug-likeness (QED) is 0.843. The summed E-state index contributed by atoms with van der Waals surface area (Å²) in [4.78, 5) is 39.3. The SMILES string of the molecule is CCC[C@H](NC(=O)c1cnc2ccccn2c1=O)C(=O)O. The minimum atomic E-state index is -1.13. The molecule has 2 aromatic rings. The second-order valence-electron chi connectivity index (χ2n) is 4.56. The number of nitrogens with zero attached hydrogens (tertiary/aromatic N) is 2. The number of pyridine rings is 1. The maximum Gasteiger partial charge on any atom is 0.326 e. The van der Waals surface area contributed by atoms with Crippen LogP contribution < -0.4 is 10.9 Å². The van der Waals surface area contributed by atoms with E-state index in [0.29, 0.717) is 18.5 Å². The Bertz CT molecular complexity index is 738. The smallest absolute Gasteiger partial charge is 0.326 e. The van der Waals surface area contributed by atoms with Gasteiger partial charge in [0.15, 0.2) is 0 Å². The molecule has 0 radical (unpaired) electrons. The van der Waals surface area contributed by atoms with E-state index < -0.39 is 23.5 Å². The number of carbonyl (C=O) groups is 2. The third kappa shape index (κ3) is 3.07. The van der Waals surface area contributed by atoms with Gasteiger partial charge in [-0.2, -0.15) is 0 Å². The van der Waals surface area contributed by atoms with E-state index in [2.05, 4.69) is 10.3 Å². The monoisotopic (exact) mass is 289 g/mol. The summed E-state index contributed by atoms with van der Waals surface area (Å²) >= 11 is 0. The zero-order valence-corrected chi connectivity index (χ0v) is 11.4. The van der Waals surface area contributed by atoms with Crippen molar-refractivity contribution in [2.45, 2.75) is 25.8 Å². The molecule has 110 valence electrons. The molecular formula is C14H15N3O4. The molecule has 2 N–H and O–H groups in total. The van der Waals surface area contributed by atoms with E-state index in [4.69, 9.17) is 5.11 Å². The predicted molar refractivity (Wildman–Crippen MR) is 75.3 cm³/mol. The number of rotatable bonds is 5. The molecule has 2 heterocycles. The summed E-state index contributed by atoms with van der Waals surface area (Å²) in [5.41, 5.74) is -0.290. The molecule has 0 saturated heterocycles. The molecule has 0 aromatic carbocycles. The Balaban J connectivity index is 2.33. The molecule has 2 aromatic heterocycles. The molecule has 2 rings (SSSR count). The van der Waals surface area contributed by atoms with Crippen molar-refractivity contribution < 1.29 is 14.7 Å². The Labute approximate surface area is 120 Å². The maximum absolute atomic E-state index is 12.2. The van der Waals surface area contributed by atoms with E-state index in [1.165, 1.54) is 10.6 Å². The normalized spacial score (nSPS) is 12.0. The average Bonchev–Trinajstić information content (AvgIpc) is 2.47. The van der Waals surface area contributed by atoms with E-state index in [0.717, 1.165) is 6.20 Å². The largest absolute Gasteiger partial charge is 0.480 e. The van der Waals surface area contributed by atoms with E-state index in [1.54, 1.807) is 18.2 Å². The number of nitrogens with one attached hydrogen (secondary N) is 1. The maximum atomic E-state index is 12.2. The first-order valence-corrected chi connectivity index (χ1v) is 6.54. The van der Waals surface area contributed by atoms with E-state index >= 15 is 0 Å². The van der Waals surface area contributed by atoms with Crippen LogP contribution in [-0.2, 0) is 4.79 Å². The number of aliphatic carboxylic acids is 1. The third-order valence-corrected chi connectivity index (χ3v) is 3.04. The highest BCUT2D eigenvalue weighted by Gasteiger charge is 2.21.